The van der Waals surface area contributed by atoms with Crippen molar-refractivity contribution in [2.45, 2.75) is 20.4 Å². The predicted molar refractivity (Wildman–Crippen MR) is 69.7 cm³/mol. The zero-order chi connectivity index (χ0) is 14.3. The number of carbonyl (C=O) groups excluding carboxylic acids is 2. The number of rotatable bonds is 7. The molecule has 0 aliphatic heterocycles. The van der Waals surface area contributed by atoms with Gasteiger partial charge in [0.15, 0.2) is 0 Å². The SMILES string of the molecule is CCN(CC)C(=O)CNCc1ccc(C(=O)OC)o1. The van der Waals surface area contributed by atoms with Crippen LogP contribution in [0.1, 0.15) is 30.2 Å². The molecule has 1 aromatic rings. The first-order chi connectivity index (χ1) is 9.12. The molecule has 0 atom stereocenters. The second-order valence-corrected chi connectivity index (χ2v) is 3.93. The molecule has 19 heavy (non-hydrogen) atoms. The van der Waals surface area contributed by atoms with E-state index in [4.69, 9.17) is 4.42 Å². The molecule has 0 radical (unpaired) electrons. The fourth-order valence-electron chi connectivity index (χ4n) is 1.66. The summed E-state index contributed by atoms with van der Waals surface area (Å²) in [4.78, 5) is 24.6. The van der Waals surface area contributed by atoms with Crippen molar-refractivity contribution in [2.75, 3.05) is 26.7 Å². The largest absolute Gasteiger partial charge is 0.463 e. The monoisotopic (exact) mass is 268 g/mol. The molecule has 106 valence electrons. The van der Waals surface area contributed by atoms with E-state index in [0.29, 0.717) is 25.4 Å². The van der Waals surface area contributed by atoms with Gasteiger partial charge in [-0.05, 0) is 26.0 Å². The van der Waals surface area contributed by atoms with Gasteiger partial charge in [-0.1, -0.05) is 0 Å². The molecule has 0 saturated carbocycles. The summed E-state index contributed by atoms with van der Waals surface area (Å²) >= 11 is 0. The van der Waals surface area contributed by atoms with Gasteiger partial charge in [0.1, 0.15) is 5.76 Å². The average Bonchev–Trinajstić information content (AvgIpc) is 2.88. The number of amides is 1. The third-order valence-corrected chi connectivity index (χ3v) is 2.74. The van der Waals surface area contributed by atoms with Gasteiger partial charge < -0.3 is 19.4 Å². The zero-order valence-electron chi connectivity index (χ0n) is 11.6. The van der Waals surface area contributed by atoms with Crippen LogP contribution in [0, 0.1) is 0 Å². The van der Waals surface area contributed by atoms with E-state index in [2.05, 4.69) is 10.1 Å². The van der Waals surface area contributed by atoms with Gasteiger partial charge in [0.2, 0.25) is 11.7 Å². The Morgan fingerprint density at radius 1 is 1.32 bits per heavy atom. The molecule has 0 unspecified atom stereocenters. The molecule has 1 aromatic heterocycles. The minimum atomic E-state index is -0.509. The highest BCUT2D eigenvalue weighted by atomic mass is 16.5. The Morgan fingerprint density at radius 3 is 2.58 bits per heavy atom. The number of nitrogens with one attached hydrogen (secondary N) is 1. The fourth-order valence-corrected chi connectivity index (χ4v) is 1.66. The number of hydrogen-bond donors (Lipinski definition) is 1. The second-order valence-electron chi connectivity index (χ2n) is 3.93. The highest BCUT2D eigenvalue weighted by Gasteiger charge is 2.12. The maximum absolute atomic E-state index is 11.7. The molecule has 0 aliphatic carbocycles. The van der Waals surface area contributed by atoms with Crippen molar-refractivity contribution in [2.24, 2.45) is 0 Å². The summed E-state index contributed by atoms with van der Waals surface area (Å²) in [5.41, 5.74) is 0. The molecule has 6 heteroatoms. The summed E-state index contributed by atoms with van der Waals surface area (Å²) in [6, 6.07) is 3.23. The number of likely N-dealkylation sites (N-methyl/N-ethyl adjacent to an activating group) is 1. The van der Waals surface area contributed by atoms with Crippen LogP contribution in [0.4, 0.5) is 0 Å². The molecule has 1 amide bonds. The average molecular weight is 268 g/mol. The van der Waals surface area contributed by atoms with Gasteiger partial charge in [0, 0.05) is 13.1 Å². The molecule has 6 nitrogen and oxygen atoms in total. The molecule has 0 aromatic carbocycles. The smallest absolute Gasteiger partial charge is 0.373 e. The van der Waals surface area contributed by atoms with Crippen molar-refractivity contribution in [3.63, 3.8) is 0 Å². The molecule has 0 spiro atoms. The van der Waals surface area contributed by atoms with E-state index >= 15 is 0 Å². The van der Waals surface area contributed by atoms with Gasteiger partial charge in [-0.15, -0.1) is 0 Å². The van der Waals surface area contributed by atoms with Crippen molar-refractivity contribution < 1.29 is 18.7 Å². The number of ether oxygens (including phenoxy) is 1. The summed E-state index contributed by atoms with van der Waals surface area (Å²) in [6.45, 7) is 5.92. The van der Waals surface area contributed by atoms with Gasteiger partial charge in [-0.25, -0.2) is 4.79 Å². The van der Waals surface area contributed by atoms with Crippen molar-refractivity contribution in [3.8, 4) is 0 Å². The van der Waals surface area contributed by atoms with Crippen molar-refractivity contribution in [1.82, 2.24) is 10.2 Å². The standard InChI is InChI=1S/C13H20N2O4/c1-4-15(5-2)12(16)9-14-8-10-6-7-11(19-10)13(17)18-3/h6-7,14H,4-5,8-9H2,1-3H3. The van der Waals surface area contributed by atoms with Crippen molar-refractivity contribution in [1.29, 1.82) is 0 Å². The highest BCUT2D eigenvalue weighted by molar-refractivity contribution is 5.86. The molecule has 0 saturated heterocycles. The lowest BCUT2D eigenvalue weighted by Gasteiger charge is -2.18. The molecule has 1 rings (SSSR count). The topological polar surface area (TPSA) is 71.8 Å². The van der Waals surface area contributed by atoms with E-state index in [0.717, 1.165) is 0 Å². The Hall–Kier alpha value is -1.82. The van der Waals surface area contributed by atoms with E-state index in [9.17, 15) is 9.59 Å². The quantitative estimate of drug-likeness (QED) is 0.748. The molecule has 1 N–H and O–H groups in total. The van der Waals surface area contributed by atoms with E-state index in [1.54, 1.807) is 17.0 Å². The second kappa shape index (κ2) is 7.58. The maximum Gasteiger partial charge on any atom is 0.373 e. The van der Waals surface area contributed by atoms with Gasteiger partial charge in [-0.2, -0.15) is 0 Å². The Morgan fingerprint density at radius 2 is 2.00 bits per heavy atom. The first-order valence-electron chi connectivity index (χ1n) is 6.27. The van der Waals surface area contributed by atoms with E-state index in [1.807, 2.05) is 13.8 Å². The van der Waals surface area contributed by atoms with Crippen molar-refractivity contribution in [3.05, 3.63) is 23.7 Å². The zero-order valence-corrected chi connectivity index (χ0v) is 11.6. The predicted octanol–water partition coefficient (Wildman–Crippen LogP) is 1.02. The Bertz CT molecular complexity index is 424. The van der Waals surface area contributed by atoms with Gasteiger partial charge in [0.25, 0.3) is 0 Å². The normalized spacial score (nSPS) is 10.3. The fraction of sp³-hybridized carbons (Fsp3) is 0.538. The number of nitrogens with zero attached hydrogens (tertiary/aromatic N) is 1. The van der Waals surface area contributed by atoms with Crippen molar-refractivity contribution >= 4 is 11.9 Å². The summed E-state index contributed by atoms with van der Waals surface area (Å²) in [6.07, 6.45) is 0. The molecule has 0 fully saturated rings. The number of esters is 1. The Kier molecular flexibility index (Phi) is 6.08. The minimum Gasteiger partial charge on any atom is -0.463 e. The van der Waals surface area contributed by atoms with Crippen LogP contribution < -0.4 is 5.32 Å². The van der Waals surface area contributed by atoms with Crippen LogP contribution in [0.5, 0.6) is 0 Å². The molecule has 0 aliphatic rings. The van der Waals surface area contributed by atoms with Crippen LogP contribution in [0.25, 0.3) is 0 Å². The van der Waals surface area contributed by atoms with Crippen LogP contribution in [-0.4, -0.2) is 43.5 Å². The van der Waals surface area contributed by atoms with E-state index in [1.165, 1.54) is 7.11 Å². The summed E-state index contributed by atoms with van der Waals surface area (Å²) in [5, 5.41) is 2.98. The Balaban J connectivity index is 2.39. The molecular weight excluding hydrogens is 248 g/mol. The summed E-state index contributed by atoms with van der Waals surface area (Å²) in [7, 11) is 1.30. The van der Waals surface area contributed by atoms with Crippen LogP contribution in [0.3, 0.4) is 0 Å². The Labute approximate surface area is 112 Å². The molecule has 0 bridgehead atoms. The van der Waals surface area contributed by atoms with Crippen LogP contribution in [0.2, 0.25) is 0 Å². The number of methoxy groups -OCH3 is 1. The van der Waals surface area contributed by atoms with E-state index in [-0.39, 0.29) is 18.2 Å². The van der Waals surface area contributed by atoms with Gasteiger partial charge in [-0.3, -0.25) is 4.79 Å². The van der Waals surface area contributed by atoms with E-state index < -0.39 is 5.97 Å². The summed E-state index contributed by atoms with van der Waals surface area (Å²) < 4.78 is 9.81. The third kappa shape index (κ3) is 4.40. The molecular formula is C13H20N2O4. The lowest BCUT2D eigenvalue weighted by Crippen LogP contribution is -2.37. The van der Waals surface area contributed by atoms with Crippen LogP contribution >= 0.6 is 0 Å². The van der Waals surface area contributed by atoms with Crippen LogP contribution in [0.15, 0.2) is 16.5 Å². The lowest BCUT2D eigenvalue weighted by atomic mass is 10.4. The molecule has 1 heterocycles. The number of carbonyl (C=O) groups is 2. The number of hydrogen-bond acceptors (Lipinski definition) is 5. The van der Waals surface area contributed by atoms with Gasteiger partial charge >= 0.3 is 5.97 Å². The lowest BCUT2D eigenvalue weighted by molar-refractivity contribution is -0.129. The highest BCUT2D eigenvalue weighted by Crippen LogP contribution is 2.08. The summed E-state index contributed by atoms with van der Waals surface area (Å²) in [5.74, 6) is 0.289. The van der Waals surface area contributed by atoms with Gasteiger partial charge in [0.05, 0.1) is 20.2 Å². The van der Waals surface area contributed by atoms with Crippen LogP contribution in [-0.2, 0) is 16.1 Å². The number of furan rings is 1. The maximum atomic E-state index is 11.7. The minimum absolute atomic E-state index is 0.0461. The first-order valence-corrected chi connectivity index (χ1v) is 6.27. The first kappa shape index (κ1) is 15.2. The third-order valence-electron chi connectivity index (χ3n) is 2.74.